The maximum atomic E-state index is 13.0. The van der Waals surface area contributed by atoms with Gasteiger partial charge < -0.3 is 5.73 Å². The van der Waals surface area contributed by atoms with Crippen molar-refractivity contribution in [2.24, 2.45) is 5.73 Å². The summed E-state index contributed by atoms with van der Waals surface area (Å²) < 4.78 is 25.7. The summed E-state index contributed by atoms with van der Waals surface area (Å²) in [6.07, 6.45) is -0.0274. The van der Waals surface area contributed by atoms with E-state index in [1.54, 1.807) is 6.07 Å². The first-order valence-corrected chi connectivity index (χ1v) is 3.73. The first kappa shape index (κ1) is 9.62. The average molecular weight is 182 g/mol. The Bertz CT molecular complexity index is 344. The molecule has 0 amide bonds. The van der Waals surface area contributed by atoms with Gasteiger partial charge in [-0.3, -0.25) is 0 Å². The molecule has 13 heavy (non-hydrogen) atoms. The predicted molar refractivity (Wildman–Crippen MR) is 43.5 cm³/mol. The molecule has 1 rings (SSSR count). The molecule has 2 N–H and O–H groups in total. The van der Waals surface area contributed by atoms with Crippen LogP contribution in [0.4, 0.5) is 8.78 Å². The fourth-order valence-corrected chi connectivity index (χ4v) is 1.02. The van der Waals surface area contributed by atoms with E-state index < -0.39 is 17.7 Å². The lowest BCUT2D eigenvalue weighted by Gasteiger charge is -2.08. The zero-order valence-corrected chi connectivity index (χ0v) is 6.80. The number of halogens is 2. The summed E-state index contributed by atoms with van der Waals surface area (Å²) in [5.74, 6) is -1.91. The highest BCUT2D eigenvalue weighted by molar-refractivity contribution is 5.22. The van der Waals surface area contributed by atoms with Crippen LogP contribution in [-0.2, 0) is 0 Å². The van der Waals surface area contributed by atoms with Crippen LogP contribution in [0.2, 0.25) is 0 Å². The van der Waals surface area contributed by atoms with Crippen LogP contribution in [0.25, 0.3) is 0 Å². The first-order valence-electron chi connectivity index (χ1n) is 3.73. The van der Waals surface area contributed by atoms with Crippen LogP contribution in [0.1, 0.15) is 18.0 Å². The first-order chi connectivity index (χ1) is 6.16. The van der Waals surface area contributed by atoms with E-state index in [0.717, 1.165) is 6.07 Å². The number of hydrogen-bond acceptors (Lipinski definition) is 2. The van der Waals surface area contributed by atoms with Crippen LogP contribution >= 0.6 is 0 Å². The highest BCUT2D eigenvalue weighted by Gasteiger charge is 2.13. The van der Waals surface area contributed by atoms with Crippen molar-refractivity contribution >= 4 is 0 Å². The molecule has 2 nitrogen and oxygen atoms in total. The third kappa shape index (κ3) is 2.01. The third-order valence-electron chi connectivity index (χ3n) is 1.69. The molecule has 0 fully saturated rings. The van der Waals surface area contributed by atoms with Gasteiger partial charge in [-0.15, -0.1) is 0 Å². The van der Waals surface area contributed by atoms with E-state index in [4.69, 9.17) is 11.0 Å². The number of nitriles is 1. The summed E-state index contributed by atoms with van der Waals surface area (Å²) >= 11 is 0. The summed E-state index contributed by atoms with van der Waals surface area (Å²) in [5, 5.41) is 8.31. The Morgan fingerprint density at radius 3 is 2.77 bits per heavy atom. The molecule has 1 aromatic carbocycles. The molecule has 0 aliphatic rings. The van der Waals surface area contributed by atoms with E-state index in [-0.39, 0.29) is 12.0 Å². The highest BCUT2D eigenvalue weighted by Crippen LogP contribution is 2.19. The molecule has 1 atom stereocenters. The Labute approximate surface area is 74.6 Å². The molecule has 0 aliphatic heterocycles. The van der Waals surface area contributed by atoms with Crippen molar-refractivity contribution in [2.75, 3.05) is 0 Å². The van der Waals surface area contributed by atoms with E-state index in [9.17, 15) is 8.78 Å². The van der Waals surface area contributed by atoms with Crippen molar-refractivity contribution < 1.29 is 8.78 Å². The molecular weight excluding hydrogens is 174 g/mol. The van der Waals surface area contributed by atoms with Crippen molar-refractivity contribution in [2.45, 2.75) is 12.5 Å². The lowest BCUT2D eigenvalue weighted by molar-refractivity contribution is 0.489. The number of benzene rings is 1. The molecule has 0 bridgehead atoms. The monoisotopic (exact) mass is 182 g/mol. The van der Waals surface area contributed by atoms with Gasteiger partial charge in [-0.1, -0.05) is 12.1 Å². The van der Waals surface area contributed by atoms with Gasteiger partial charge in [0.15, 0.2) is 11.6 Å². The van der Waals surface area contributed by atoms with E-state index >= 15 is 0 Å². The SMILES string of the molecule is N#CCC(N)c1cccc(F)c1F. The van der Waals surface area contributed by atoms with Crippen molar-refractivity contribution in [1.29, 1.82) is 5.26 Å². The molecule has 0 aliphatic carbocycles. The largest absolute Gasteiger partial charge is 0.323 e. The van der Waals surface area contributed by atoms with Crippen LogP contribution in [0, 0.1) is 23.0 Å². The van der Waals surface area contributed by atoms with Crippen molar-refractivity contribution in [3.8, 4) is 6.07 Å². The highest BCUT2D eigenvalue weighted by atomic mass is 19.2. The van der Waals surface area contributed by atoms with Gasteiger partial charge in [-0.2, -0.15) is 5.26 Å². The molecule has 1 unspecified atom stereocenters. The lowest BCUT2D eigenvalue weighted by Crippen LogP contribution is -2.12. The second-order valence-electron chi connectivity index (χ2n) is 2.61. The van der Waals surface area contributed by atoms with Crippen LogP contribution in [0.3, 0.4) is 0 Å². The van der Waals surface area contributed by atoms with Crippen LogP contribution in [-0.4, -0.2) is 0 Å². The fourth-order valence-electron chi connectivity index (χ4n) is 1.02. The Balaban J connectivity index is 3.02. The van der Waals surface area contributed by atoms with Gasteiger partial charge in [0.05, 0.1) is 12.5 Å². The Morgan fingerprint density at radius 1 is 1.46 bits per heavy atom. The standard InChI is InChI=1S/C9H8F2N2/c10-7-3-1-2-6(9(7)11)8(13)4-5-12/h1-3,8H,4,13H2. The normalized spacial score (nSPS) is 12.2. The Kier molecular flexibility index (Phi) is 2.93. The summed E-state index contributed by atoms with van der Waals surface area (Å²) in [7, 11) is 0. The average Bonchev–Trinajstić information content (AvgIpc) is 2.10. The summed E-state index contributed by atoms with van der Waals surface area (Å²) in [4.78, 5) is 0. The van der Waals surface area contributed by atoms with E-state index in [1.165, 1.54) is 12.1 Å². The van der Waals surface area contributed by atoms with E-state index in [1.807, 2.05) is 0 Å². The molecule has 0 heterocycles. The van der Waals surface area contributed by atoms with Crippen molar-refractivity contribution in [3.63, 3.8) is 0 Å². The summed E-state index contributed by atoms with van der Waals surface area (Å²) in [6, 6.07) is 4.79. The summed E-state index contributed by atoms with van der Waals surface area (Å²) in [5.41, 5.74) is 5.49. The van der Waals surface area contributed by atoms with Gasteiger partial charge >= 0.3 is 0 Å². The zero-order chi connectivity index (χ0) is 9.84. The molecule has 1 aromatic rings. The number of rotatable bonds is 2. The second-order valence-corrected chi connectivity index (χ2v) is 2.61. The van der Waals surface area contributed by atoms with Crippen molar-refractivity contribution in [3.05, 3.63) is 35.4 Å². The molecule has 0 saturated heterocycles. The van der Waals surface area contributed by atoms with E-state index in [0.29, 0.717) is 0 Å². The second kappa shape index (κ2) is 3.97. The molecule has 0 spiro atoms. The smallest absolute Gasteiger partial charge is 0.163 e. The molecule has 0 saturated carbocycles. The zero-order valence-electron chi connectivity index (χ0n) is 6.80. The lowest BCUT2D eigenvalue weighted by atomic mass is 10.0. The van der Waals surface area contributed by atoms with Gasteiger partial charge in [0.1, 0.15) is 0 Å². The van der Waals surface area contributed by atoms with E-state index in [2.05, 4.69) is 0 Å². The quantitative estimate of drug-likeness (QED) is 0.759. The molecule has 4 heteroatoms. The Morgan fingerprint density at radius 2 is 2.15 bits per heavy atom. The fraction of sp³-hybridized carbons (Fsp3) is 0.222. The van der Waals surface area contributed by atoms with Gasteiger partial charge in [0.25, 0.3) is 0 Å². The minimum atomic E-state index is -0.967. The molecule has 68 valence electrons. The number of nitrogens with two attached hydrogens (primary N) is 1. The number of hydrogen-bond donors (Lipinski definition) is 1. The van der Waals surface area contributed by atoms with Gasteiger partial charge in [0.2, 0.25) is 0 Å². The molecular formula is C9H8F2N2. The van der Waals surface area contributed by atoms with Gasteiger partial charge in [-0.25, -0.2) is 8.78 Å². The van der Waals surface area contributed by atoms with Crippen molar-refractivity contribution in [1.82, 2.24) is 0 Å². The molecule has 0 radical (unpaired) electrons. The third-order valence-corrected chi connectivity index (χ3v) is 1.69. The Hall–Kier alpha value is -1.47. The van der Waals surface area contributed by atoms with Crippen LogP contribution in [0.15, 0.2) is 18.2 Å². The van der Waals surface area contributed by atoms with Crippen LogP contribution < -0.4 is 5.73 Å². The minimum Gasteiger partial charge on any atom is -0.323 e. The van der Waals surface area contributed by atoms with Gasteiger partial charge in [-0.05, 0) is 6.07 Å². The number of nitrogens with zero attached hydrogens (tertiary/aromatic N) is 1. The minimum absolute atomic E-state index is 0.0274. The molecule has 0 aromatic heterocycles. The summed E-state index contributed by atoms with van der Waals surface area (Å²) in [6.45, 7) is 0. The maximum Gasteiger partial charge on any atom is 0.163 e. The maximum absolute atomic E-state index is 13.0. The topological polar surface area (TPSA) is 49.8 Å². The predicted octanol–water partition coefficient (Wildman–Crippen LogP) is 1.88. The van der Waals surface area contributed by atoms with Gasteiger partial charge in [0, 0.05) is 11.6 Å². The van der Waals surface area contributed by atoms with Crippen LogP contribution in [0.5, 0.6) is 0 Å².